The summed E-state index contributed by atoms with van der Waals surface area (Å²) >= 11 is 0. The number of amides is 2. The molecular weight excluding hydrogens is 349 g/mol. The third-order valence-corrected chi connectivity index (χ3v) is 4.05. The Labute approximate surface area is 150 Å². The molecule has 2 amide bonds. The van der Waals surface area contributed by atoms with Crippen molar-refractivity contribution < 1.29 is 27.5 Å². The summed E-state index contributed by atoms with van der Waals surface area (Å²) in [5.74, 6) is -0.154. The number of rotatable bonds is 7. The maximum absolute atomic E-state index is 12.0. The Hall–Kier alpha value is -2.09. The van der Waals surface area contributed by atoms with E-state index in [9.17, 15) is 22.8 Å². The predicted molar refractivity (Wildman–Crippen MR) is 89.0 cm³/mol. The number of carbonyl (C=O) groups is 2. The molecule has 0 aliphatic carbocycles. The fourth-order valence-corrected chi connectivity index (χ4v) is 2.74. The number of halogens is 3. The average Bonchev–Trinajstić information content (AvgIpc) is 2.77. The molecule has 144 valence electrons. The zero-order chi connectivity index (χ0) is 19.0. The van der Waals surface area contributed by atoms with E-state index in [-0.39, 0.29) is 30.9 Å². The molecule has 1 atom stereocenters. The van der Waals surface area contributed by atoms with Gasteiger partial charge >= 0.3 is 6.18 Å². The molecule has 0 aromatic heterocycles. The molecule has 2 N–H and O–H groups in total. The molecule has 0 spiro atoms. The van der Waals surface area contributed by atoms with E-state index in [2.05, 4.69) is 15.4 Å². The lowest BCUT2D eigenvalue weighted by atomic mass is 10.1. The van der Waals surface area contributed by atoms with Crippen molar-refractivity contribution in [1.82, 2.24) is 10.6 Å². The molecule has 0 radical (unpaired) electrons. The largest absolute Gasteiger partial charge is 0.411 e. The van der Waals surface area contributed by atoms with Gasteiger partial charge in [-0.3, -0.25) is 9.59 Å². The molecule has 0 bridgehead atoms. The van der Waals surface area contributed by atoms with Crippen molar-refractivity contribution in [1.29, 1.82) is 0 Å². The number of alkyl halides is 3. The Bertz CT molecular complexity index is 603. The fraction of sp³-hybridized carbons (Fsp3) is 0.556. The SMILES string of the molecule is O=C(CC1CCCCC(=O)N1)NCc1ccc(COCC(F)(F)F)cc1. The van der Waals surface area contributed by atoms with Crippen molar-refractivity contribution in [2.75, 3.05) is 6.61 Å². The molecule has 0 saturated carbocycles. The summed E-state index contributed by atoms with van der Waals surface area (Å²) in [6, 6.07) is 6.69. The minimum atomic E-state index is -4.33. The summed E-state index contributed by atoms with van der Waals surface area (Å²) in [5, 5.41) is 5.65. The van der Waals surface area contributed by atoms with E-state index < -0.39 is 12.8 Å². The second-order valence-electron chi connectivity index (χ2n) is 6.42. The van der Waals surface area contributed by atoms with Crippen LogP contribution in [0.1, 0.15) is 43.2 Å². The normalized spacial score (nSPS) is 18.1. The van der Waals surface area contributed by atoms with Crippen molar-refractivity contribution in [2.24, 2.45) is 0 Å². The van der Waals surface area contributed by atoms with Crippen molar-refractivity contribution in [3.05, 3.63) is 35.4 Å². The smallest absolute Gasteiger partial charge is 0.367 e. The van der Waals surface area contributed by atoms with Gasteiger partial charge in [-0.25, -0.2) is 0 Å². The third-order valence-electron chi connectivity index (χ3n) is 4.05. The van der Waals surface area contributed by atoms with Crippen molar-refractivity contribution in [3.8, 4) is 0 Å². The Morgan fingerprint density at radius 3 is 2.58 bits per heavy atom. The van der Waals surface area contributed by atoms with Gasteiger partial charge in [0, 0.05) is 25.4 Å². The zero-order valence-corrected chi connectivity index (χ0v) is 14.4. The van der Waals surface area contributed by atoms with E-state index in [0.29, 0.717) is 18.5 Å². The first-order chi connectivity index (χ1) is 12.3. The van der Waals surface area contributed by atoms with Crippen molar-refractivity contribution >= 4 is 11.8 Å². The van der Waals surface area contributed by atoms with E-state index in [1.807, 2.05) is 0 Å². The molecule has 2 rings (SSSR count). The first kappa shape index (κ1) is 20.2. The standard InChI is InChI=1S/C18H23F3N2O3/c19-18(20,21)12-26-11-14-7-5-13(6-8-14)10-22-17(25)9-15-3-1-2-4-16(24)23-15/h5-8,15H,1-4,9-12H2,(H,22,25)(H,23,24). The van der Waals surface area contributed by atoms with Crippen LogP contribution in [-0.4, -0.2) is 30.6 Å². The highest BCUT2D eigenvalue weighted by atomic mass is 19.4. The van der Waals surface area contributed by atoms with E-state index >= 15 is 0 Å². The molecule has 26 heavy (non-hydrogen) atoms. The summed E-state index contributed by atoms with van der Waals surface area (Å²) in [5.41, 5.74) is 1.47. The fourth-order valence-electron chi connectivity index (χ4n) is 2.74. The van der Waals surface area contributed by atoms with Crippen LogP contribution in [0.25, 0.3) is 0 Å². The number of hydrogen-bond donors (Lipinski definition) is 2. The van der Waals surface area contributed by atoms with Gasteiger partial charge in [-0.05, 0) is 24.0 Å². The maximum atomic E-state index is 12.0. The third kappa shape index (κ3) is 7.86. The van der Waals surface area contributed by atoms with Crippen LogP contribution in [-0.2, 0) is 27.5 Å². The van der Waals surface area contributed by atoms with Crippen LogP contribution < -0.4 is 10.6 Å². The number of ether oxygens (including phenoxy) is 1. The van der Waals surface area contributed by atoms with Crippen LogP contribution in [0.4, 0.5) is 13.2 Å². The summed E-state index contributed by atoms with van der Waals surface area (Å²) < 4.78 is 40.7. The van der Waals surface area contributed by atoms with Crippen LogP contribution in [0.5, 0.6) is 0 Å². The summed E-state index contributed by atoms with van der Waals surface area (Å²) in [7, 11) is 0. The quantitative estimate of drug-likeness (QED) is 0.773. The summed E-state index contributed by atoms with van der Waals surface area (Å²) in [4.78, 5) is 23.5. The lowest BCUT2D eigenvalue weighted by Crippen LogP contribution is -2.37. The van der Waals surface area contributed by atoms with Gasteiger partial charge in [-0.15, -0.1) is 0 Å². The van der Waals surface area contributed by atoms with E-state index in [0.717, 1.165) is 24.8 Å². The van der Waals surface area contributed by atoms with Gasteiger partial charge in [-0.1, -0.05) is 30.7 Å². The van der Waals surface area contributed by atoms with Crippen molar-refractivity contribution in [2.45, 2.75) is 57.5 Å². The molecule has 1 aromatic carbocycles. The maximum Gasteiger partial charge on any atom is 0.411 e. The highest BCUT2D eigenvalue weighted by molar-refractivity contribution is 5.79. The monoisotopic (exact) mass is 372 g/mol. The Morgan fingerprint density at radius 1 is 1.19 bits per heavy atom. The van der Waals surface area contributed by atoms with Gasteiger partial charge in [0.25, 0.3) is 0 Å². The highest BCUT2D eigenvalue weighted by Crippen LogP contribution is 2.16. The minimum absolute atomic E-state index is 0.0105. The lowest BCUT2D eigenvalue weighted by Gasteiger charge is -2.15. The van der Waals surface area contributed by atoms with Crippen LogP contribution in [0.3, 0.4) is 0 Å². The van der Waals surface area contributed by atoms with Gasteiger partial charge in [0.15, 0.2) is 0 Å². The minimum Gasteiger partial charge on any atom is -0.367 e. The molecule has 1 aromatic rings. The van der Waals surface area contributed by atoms with Gasteiger partial charge in [0.1, 0.15) is 6.61 Å². The number of carbonyl (C=O) groups excluding carboxylic acids is 2. The molecule has 5 nitrogen and oxygen atoms in total. The van der Waals surface area contributed by atoms with Crippen LogP contribution in [0, 0.1) is 0 Å². The van der Waals surface area contributed by atoms with Gasteiger partial charge < -0.3 is 15.4 Å². The lowest BCUT2D eigenvalue weighted by molar-refractivity contribution is -0.176. The van der Waals surface area contributed by atoms with Gasteiger partial charge in [-0.2, -0.15) is 13.2 Å². The molecular formula is C18H23F3N2O3. The van der Waals surface area contributed by atoms with Gasteiger partial charge in [0.2, 0.25) is 11.8 Å². The predicted octanol–water partition coefficient (Wildman–Crippen LogP) is 2.83. The second-order valence-corrected chi connectivity index (χ2v) is 6.42. The van der Waals surface area contributed by atoms with E-state index in [4.69, 9.17) is 0 Å². The molecule has 1 heterocycles. The molecule has 1 fully saturated rings. The topological polar surface area (TPSA) is 67.4 Å². The summed E-state index contributed by atoms with van der Waals surface area (Å²) in [6.45, 7) is -1.07. The molecule has 1 unspecified atom stereocenters. The highest BCUT2D eigenvalue weighted by Gasteiger charge is 2.27. The van der Waals surface area contributed by atoms with Crippen molar-refractivity contribution in [3.63, 3.8) is 0 Å². The Morgan fingerprint density at radius 2 is 1.88 bits per heavy atom. The van der Waals surface area contributed by atoms with Crippen LogP contribution in [0.2, 0.25) is 0 Å². The molecule has 1 aliphatic rings. The molecule has 1 aliphatic heterocycles. The van der Waals surface area contributed by atoms with E-state index in [1.54, 1.807) is 24.3 Å². The Balaban J connectivity index is 1.71. The number of nitrogens with one attached hydrogen (secondary N) is 2. The first-order valence-electron chi connectivity index (χ1n) is 8.60. The zero-order valence-electron chi connectivity index (χ0n) is 14.4. The average molecular weight is 372 g/mol. The van der Waals surface area contributed by atoms with Crippen LogP contribution in [0.15, 0.2) is 24.3 Å². The first-order valence-corrected chi connectivity index (χ1v) is 8.60. The number of hydrogen-bond acceptors (Lipinski definition) is 3. The summed E-state index contributed by atoms with van der Waals surface area (Å²) in [6.07, 6.45) is -1.00. The molecule has 8 heteroatoms. The van der Waals surface area contributed by atoms with E-state index in [1.165, 1.54) is 0 Å². The molecule has 1 saturated heterocycles. The van der Waals surface area contributed by atoms with Crippen LogP contribution >= 0.6 is 0 Å². The second kappa shape index (κ2) is 9.56. The Kier molecular flexibility index (Phi) is 7.44. The van der Waals surface area contributed by atoms with Gasteiger partial charge in [0.05, 0.1) is 6.61 Å². The number of benzene rings is 1.